The van der Waals surface area contributed by atoms with Crippen molar-refractivity contribution >= 4 is 27.5 Å². The van der Waals surface area contributed by atoms with Gasteiger partial charge in [-0.1, -0.05) is 32.0 Å². The number of aliphatic hydroxyl groups is 1. The molecule has 3 aromatic carbocycles. The third-order valence-electron chi connectivity index (χ3n) is 7.58. The quantitative estimate of drug-likeness (QED) is 0.220. The number of aliphatic hydroxyl groups excluding tert-OH is 1. The van der Waals surface area contributed by atoms with Gasteiger partial charge in [0.1, 0.15) is 11.6 Å². The maximum Gasteiger partial charge on any atom is 0.253 e. The van der Waals surface area contributed by atoms with E-state index in [1.54, 1.807) is 48.2 Å². The van der Waals surface area contributed by atoms with Crippen LogP contribution in [-0.4, -0.2) is 67.8 Å². The molecule has 2 amide bonds. The number of fused-ring (bicyclic) bond motifs is 1. The first-order valence-corrected chi connectivity index (χ1v) is 16.7. The minimum absolute atomic E-state index is 0.122. The number of hydrogen-bond acceptors (Lipinski definition) is 6. The van der Waals surface area contributed by atoms with Gasteiger partial charge in [-0.2, -0.15) is 0 Å². The fourth-order valence-electron chi connectivity index (χ4n) is 5.58. The summed E-state index contributed by atoms with van der Waals surface area (Å²) >= 11 is 0. The number of benzene rings is 3. The molecule has 12 heteroatoms. The number of amides is 2. The number of aryl methyl sites for hydroxylation is 1. The number of halogens is 2. The van der Waals surface area contributed by atoms with Gasteiger partial charge in [0.05, 0.1) is 29.6 Å². The van der Waals surface area contributed by atoms with E-state index in [0.717, 1.165) is 31.0 Å². The van der Waals surface area contributed by atoms with Crippen molar-refractivity contribution in [3.63, 3.8) is 0 Å². The summed E-state index contributed by atoms with van der Waals surface area (Å²) in [4.78, 5) is 28.6. The highest BCUT2D eigenvalue weighted by molar-refractivity contribution is 7.92. The monoisotopic (exact) mass is 642 g/mol. The molecule has 1 heterocycles. The van der Waals surface area contributed by atoms with E-state index in [2.05, 4.69) is 15.4 Å². The van der Waals surface area contributed by atoms with Crippen molar-refractivity contribution in [3.8, 4) is 0 Å². The Balaban J connectivity index is 1.58. The van der Waals surface area contributed by atoms with Gasteiger partial charge in [0.15, 0.2) is 0 Å². The van der Waals surface area contributed by atoms with Crippen molar-refractivity contribution in [3.05, 3.63) is 100 Å². The lowest BCUT2D eigenvalue weighted by atomic mass is 9.98. The lowest BCUT2D eigenvalue weighted by Crippen LogP contribution is -2.50. The van der Waals surface area contributed by atoms with Crippen molar-refractivity contribution in [1.82, 2.24) is 15.5 Å². The SMILES string of the molecule is CCCN(CCC)C(=O)c1cc(C)cc(C(=O)N[C@H](Cc2cc(F)cc(F)c2)C(O)CN[C@@H]2CS(=O)(=O)Nc3ccccc32)c1. The largest absolute Gasteiger partial charge is 0.390 e. The summed E-state index contributed by atoms with van der Waals surface area (Å²) in [6.45, 7) is 6.76. The van der Waals surface area contributed by atoms with E-state index in [4.69, 9.17) is 0 Å². The van der Waals surface area contributed by atoms with Crippen LogP contribution in [0.4, 0.5) is 14.5 Å². The highest BCUT2D eigenvalue weighted by Gasteiger charge is 2.31. The number of nitrogens with zero attached hydrogens (tertiary/aromatic N) is 1. The molecular weight excluding hydrogens is 602 g/mol. The molecule has 0 bridgehead atoms. The minimum Gasteiger partial charge on any atom is -0.390 e. The summed E-state index contributed by atoms with van der Waals surface area (Å²) in [5, 5.41) is 17.2. The smallest absolute Gasteiger partial charge is 0.253 e. The molecule has 1 aliphatic heterocycles. The van der Waals surface area contributed by atoms with E-state index < -0.39 is 45.8 Å². The predicted octanol–water partition coefficient (Wildman–Crippen LogP) is 4.32. The fraction of sp³-hybridized carbons (Fsp3) is 0.394. The topological polar surface area (TPSA) is 128 Å². The van der Waals surface area contributed by atoms with Crippen LogP contribution in [0.5, 0.6) is 0 Å². The summed E-state index contributed by atoms with van der Waals surface area (Å²) in [7, 11) is -3.63. The van der Waals surface area contributed by atoms with Gasteiger partial charge in [-0.15, -0.1) is 0 Å². The second-order valence-corrected chi connectivity index (χ2v) is 13.2. The van der Waals surface area contributed by atoms with E-state index >= 15 is 0 Å². The van der Waals surface area contributed by atoms with Crippen LogP contribution < -0.4 is 15.4 Å². The molecular formula is C33H40F2N4O5S. The zero-order chi connectivity index (χ0) is 32.7. The van der Waals surface area contributed by atoms with Gasteiger partial charge in [0.25, 0.3) is 11.8 Å². The van der Waals surface area contributed by atoms with Crippen LogP contribution in [0, 0.1) is 18.6 Å². The van der Waals surface area contributed by atoms with Gasteiger partial charge < -0.3 is 20.6 Å². The summed E-state index contributed by atoms with van der Waals surface area (Å²) in [6.07, 6.45) is 0.158. The standard InChI is InChI=1S/C33H40F2N4O5S/c1-4-10-39(11-5-2)33(42)24-13-21(3)12-23(17-24)32(41)37-29(16-22-14-25(34)18-26(35)15-22)31(40)19-36-30-20-45(43,44)38-28-9-7-6-8-27(28)30/h6-9,12-15,17-18,29-31,36,38,40H,4-5,10-11,16,19-20H2,1-3H3,(H,37,41)/t29-,30-,31?/m1/s1. The second-order valence-electron chi connectivity index (χ2n) is 11.4. The number of sulfonamides is 1. The maximum atomic E-state index is 14.0. The zero-order valence-electron chi connectivity index (χ0n) is 25.6. The lowest BCUT2D eigenvalue weighted by molar-refractivity contribution is 0.0755. The molecule has 0 saturated carbocycles. The average Bonchev–Trinajstić information content (AvgIpc) is 2.97. The van der Waals surface area contributed by atoms with E-state index in [0.29, 0.717) is 35.5 Å². The molecule has 0 spiro atoms. The first-order chi connectivity index (χ1) is 21.4. The number of carbonyl (C=O) groups is 2. The van der Waals surface area contributed by atoms with Crippen molar-refractivity contribution < 1.29 is 31.9 Å². The van der Waals surface area contributed by atoms with Crippen molar-refractivity contribution in [2.24, 2.45) is 0 Å². The Kier molecular flexibility index (Phi) is 11.3. The molecule has 1 unspecified atom stereocenters. The molecule has 0 aromatic heterocycles. The highest BCUT2D eigenvalue weighted by Crippen LogP contribution is 2.30. The molecule has 0 saturated heterocycles. The predicted molar refractivity (Wildman–Crippen MR) is 170 cm³/mol. The normalized spacial score (nSPS) is 16.6. The van der Waals surface area contributed by atoms with E-state index in [-0.39, 0.29) is 35.8 Å². The third-order valence-corrected chi connectivity index (χ3v) is 8.88. The molecule has 9 nitrogen and oxygen atoms in total. The zero-order valence-corrected chi connectivity index (χ0v) is 26.5. The van der Waals surface area contributed by atoms with E-state index in [9.17, 15) is 31.9 Å². The summed E-state index contributed by atoms with van der Waals surface area (Å²) < 4.78 is 55.5. The van der Waals surface area contributed by atoms with Crippen LogP contribution in [0.15, 0.2) is 60.7 Å². The molecule has 1 aliphatic rings. The van der Waals surface area contributed by atoms with Crippen LogP contribution in [0.2, 0.25) is 0 Å². The summed E-state index contributed by atoms with van der Waals surface area (Å²) in [5.74, 6) is -2.64. The molecule has 0 aliphatic carbocycles. The van der Waals surface area contributed by atoms with Gasteiger partial charge in [-0.05, 0) is 79.3 Å². The van der Waals surface area contributed by atoms with Gasteiger partial charge in [-0.25, -0.2) is 17.2 Å². The number of para-hydroxylation sites is 1. The van der Waals surface area contributed by atoms with Crippen LogP contribution in [0.1, 0.15) is 70.1 Å². The number of carbonyl (C=O) groups excluding carboxylic acids is 2. The average molecular weight is 643 g/mol. The molecule has 0 radical (unpaired) electrons. The Labute approximate surface area is 263 Å². The maximum absolute atomic E-state index is 14.0. The molecule has 4 rings (SSSR count). The second kappa shape index (κ2) is 14.9. The molecule has 242 valence electrons. The Morgan fingerprint density at radius 2 is 1.64 bits per heavy atom. The first-order valence-electron chi connectivity index (χ1n) is 15.1. The van der Waals surface area contributed by atoms with Crippen LogP contribution in [0.3, 0.4) is 0 Å². The Hall–Kier alpha value is -3.87. The summed E-state index contributed by atoms with van der Waals surface area (Å²) in [5.41, 5.74) is 2.58. The third kappa shape index (κ3) is 9.09. The van der Waals surface area contributed by atoms with Crippen molar-refractivity contribution in [1.29, 1.82) is 0 Å². The number of nitrogens with one attached hydrogen (secondary N) is 3. The Morgan fingerprint density at radius 1 is 1.00 bits per heavy atom. The summed E-state index contributed by atoms with van der Waals surface area (Å²) in [6, 6.07) is 13.0. The van der Waals surface area contributed by atoms with Crippen LogP contribution in [0.25, 0.3) is 0 Å². The van der Waals surface area contributed by atoms with Crippen molar-refractivity contribution in [2.75, 3.05) is 30.1 Å². The van der Waals surface area contributed by atoms with Gasteiger partial charge in [0.2, 0.25) is 10.0 Å². The molecule has 3 aromatic rings. The molecule has 4 N–H and O–H groups in total. The first kappa shape index (κ1) is 34.0. The molecule has 0 fully saturated rings. The highest BCUT2D eigenvalue weighted by atomic mass is 32.2. The van der Waals surface area contributed by atoms with Gasteiger partial charge in [-0.3, -0.25) is 14.3 Å². The van der Waals surface area contributed by atoms with Crippen LogP contribution in [-0.2, 0) is 16.4 Å². The Bertz CT molecular complexity index is 1610. The van der Waals surface area contributed by atoms with E-state index in [1.165, 1.54) is 6.07 Å². The van der Waals surface area contributed by atoms with Gasteiger partial charge >= 0.3 is 0 Å². The van der Waals surface area contributed by atoms with E-state index in [1.807, 2.05) is 13.8 Å². The molecule has 45 heavy (non-hydrogen) atoms. The Morgan fingerprint density at radius 3 is 2.31 bits per heavy atom. The van der Waals surface area contributed by atoms with Gasteiger partial charge in [0, 0.05) is 36.8 Å². The molecule has 3 atom stereocenters. The van der Waals surface area contributed by atoms with Crippen molar-refractivity contribution in [2.45, 2.75) is 58.2 Å². The number of hydrogen-bond donors (Lipinski definition) is 4. The lowest BCUT2D eigenvalue weighted by Gasteiger charge is -2.30. The number of rotatable bonds is 13. The fourth-order valence-corrected chi connectivity index (χ4v) is 6.92. The number of anilines is 1. The minimum atomic E-state index is -3.63. The van der Waals surface area contributed by atoms with Crippen LogP contribution >= 0.6 is 0 Å².